The predicted octanol–water partition coefficient (Wildman–Crippen LogP) is 2.30. The molecule has 1 aliphatic carbocycles. The summed E-state index contributed by atoms with van der Waals surface area (Å²) in [7, 11) is 0. The summed E-state index contributed by atoms with van der Waals surface area (Å²) in [6, 6.07) is 0. The van der Waals surface area contributed by atoms with Gasteiger partial charge in [-0.15, -0.1) is 4.72 Å². The lowest BCUT2D eigenvalue weighted by Crippen LogP contribution is -2.60. The van der Waals surface area contributed by atoms with Gasteiger partial charge >= 0.3 is 0 Å². The van der Waals surface area contributed by atoms with Gasteiger partial charge in [-0.1, -0.05) is 18.5 Å². The average Bonchev–Trinajstić information content (AvgIpc) is 2.88. The van der Waals surface area contributed by atoms with E-state index in [9.17, 15) is 4.55 Å². The van der Waals surface area contributed by atoms with Crippen LogP contribution < -0.4 is 4.72 Å². The molecule has 1 saturated carbocycles. The molecule has 0 radical (unpaired) electrons. The summed E-state index contributed by atoms with van der Waals surface area (Å²) in [5.74, 6) is 0.565. The van der Waals surface area contributed by atoms with Crippen molar-refractivity contribution in [1.29, 1.82) is 0 Å². The first kappa shape index (κ1) is 16.7. The minimum atomic E-state index is -1.19. The fraction of sp³-hybridized carbons (Fsp3) is 0.857. The number of hydrogen-bond acceptors (Lipinski definition) is 6. The number of hydrogen-bond donors (Lipinski definition) is 1. The van der Waals surface area contributed by atoms with Gasteiger partial charge < -0.3 is 13.8 Å². The van der Waals surface area contributed by atoms with Crippen LogP contribution in [-0.4, -0.2) is 32.2 Å². The molecule has 0 spiro atoms. The molecule has 7 heteroatoms. The van der Waals surface area contributed by atoms with Crippen molar-refractivity contribution in [1.82, 2.24) is 14.9 Å². The predicted molar refractivity (Wildman–Crippen MR) is 80.9 cm³/mol. The van der Waals surface area contributed by atoms with Crippen LogP contribution in [0.4, 0.5) is 0 Å². The Labute approximate surface area is 129 Å². The van der Waals surface area contributed by atoms with Crippen molar-refractivity contribution < 1.29 is 13.8 Å². The molecule has 1 fully saturated rings. The largest absolute Gasteiger partial charge is 0.598 e. The van der Waals surface area contributed by atoms with E-state index in [1.165, 1.54) is 6.39 Å². The Morgan fingerprint density at radius 1 is 1.52 bits per heavy atom. The second kappa shape index (κ2) is 6.64. The third-order valence-corrected chi connectivity index (χ3v) is 5.33. The van der Waals surface area contributed by atoms with E-state index in [-0.39, 0.29) is 10.9 Å². The van der Waals surface area contributed by atoms with E-state index in [2.05, 4.69) is 21.8 Å². The van der Waals surface area contributed by atoms with Crippen LogP contribution in [0.15, 0.2) is 10.9 Å². The first-order chi connectivity index (χ1) is 9.87. The molecule has 120 valence electrons. The Bertz CT molecular complexity index is 427. The third-order valence-electron chi connectivity index (χ3n) is 3.64. The van der Waals surface area contributed by atoms with Crippen molar-refractivity contribution in [3.05, 3.63) is 12.2 Å². The van der Waals surface area contributed by atoms with E-state index in [1.807, 2.05) is 20.8 Å². The van der Waals surface area contributed by atoms with Crippen molar-refractivity contribution in [3.63, 3.8) is 0 Å². The van der Waals surface area contributed by atoms with Crippen molar-refractivity contribution in [3.8, 4) is 0 Å². The van der Waals surface area contributed by atoms with Crippen LogP contribution in [0.25, 0.3) is 0 Å². The molecule has 0 amide bonds. The van der Waals surface area contributed by atoms with Crippen LogP contribution in [0.5, 0.6) is 0 Å². The maximum atomic E-state index is 12.4. The Hall–Kier alpha value is -0.630. The van der Waals surface area contributed by atoms with Crippen LogP contribution in [0.1, 0.15) is 59.2 Å². The standard InChI is InChI=1S/C14H25N3O3S/c1-5-6-7-19-11-8-14(9-11,12-15-10-20-16-12)17-21(18)13(2,3)4/h10-11,17H,5-9H2,1-4H3. The quantitative estimate of drug-likeness (QED) is 0.614. The van der Waals surface area contributed by atoms with E-state index >= 15 is 0 Å². The summed E-state index contributed by atoms with van der Waals surface area (Å²) < 4.78 is 25.9. The second-order valence-corrected chi connectivity index (χ2v) is 8.54. The van der Waals surface area contributed by atoms with Gasteiger partial charge in [0.2, 0.25) is 6.39 Å². The molecule has 1 unspecified atom stereocenters. The highest BCUT2D eigenvalue weighted by Crippen LogP contribution is 2.43. The molecule has 0 aliphatic heterocycles. The molecule has 1 N–H and O–H groups in total. The van der Waals surface area contributed by atoms with Gasteiger partial charge in [-0.3, -0.25) is 0 Å². The lowest BCUT2D eigenvalue weighted by molar-refractivity contribution is -0.0548. The maximum absolute atomic E-state index is 12.4. The van der Waals surface area contributed by atoms with E-state index in [4.69, 9.17) is 9.26 Å². The summed E-state index contributed by atoms with van der Waals surface area (Å²) in [5.41, 5.74) is -0.498. The van der Waals surface area contributed by atoms with Crippen LogP contribution in [0, 0.1) is 0 Å². The monoisotopic (exact) mass is 315 g/mol. The number of nitrogens with zero attached hydrogens (tertiary/aromatic N) is 2. The zero-order chi connectivity index (χ0) is 15.5. The number of ether oxygens (including phenoxy) is 1. The molecule has 1 aromatic rings. The molecule has 1 atom stereocenters. The fourth-order valence-corrected chi connectivity index (χ4v) is 3.17. The molecule has 6 nitrogen and oxygen atoms in total. The molecular weight excluding hydrogens is 290 g/mol. The molecular formula is C14H25N3O3S. The first-order valence-corrected chi connectivity index (χ1v) is 8.60. The van der Waals surface area contributed by atoms with Crippen molar-refractivity contribution >= 4 is 11.4 Å². The molecule has 1 aromatic heterocycles. The number of rotatable bonds is 7. The van der Waals surface area contributed by atoms with Gasteiger partial charge in [0.15, 0.2) is 5.82 Å². The smallest absolute Gasteiger partial charge is 0.213 e. The van der Waals surface area contributed by atoms with Crippen molar-refractivity contribution in [2.45, 2.75) is 69.8 Å². The van der Waals surface area contributed by atoms with Crippen molar-refractivity contribution in [2.24, 2.45) is 0 Å². The van der Waals surface area contributed by atoms with Gasteiger partial charge in [0.05, 0.1) is 6.10 Å². The van der Waals surface area contributed by atoms with E-state index in [1.54, 1.807) is 0 Å². The summed E-state index contributed by atoms with van der Waals surface area (Å²) in [5, 5.41) is 3.94. The van der Waals surface area contributed by atoms with Gasteiger partial charge in [-0.05, 0) is 27.2 Å². The number of aromatic nitrogens is 2. The van der Waals surface area contributed by atoms with Gasteiger partial charge in [-0.2, -0.15) is 4.98 Å². The Balaban J connectivity index is 1.99. The van der Waals surface area contributed by atoms with E-state index in [0.717, 1.165) is 32.3 Å². The van der Waals surface area contributed by atoms with Crippen LogP contribution >= 0.6 is 0 Å². The van der Waals surface area contributed by atoms with Crippen molar-refractivity contribution in [2.75, 3.05) is 6.61 Å². The first-order valence-electron chi connectivity index (χ1n) is 7.45. The summed E-state index contributed by atoms with van der Waals surface area (Å²) in [6.07, 6.45) is 5.10. The van der Waals surface area contributed by atoms with Gasteiger partial charge in [-0.25, -0.2) is 0 Å². The molecule has 1 heterocycles. The highest BCUT2D eigenvalue weighted by Gasteiger charge is 2.53. The molecule has 21 heavy (non-hydrogen) atoms. The lowest BCUT2D eigenvalue weighted by Gasteiger charge is -2.45. The molecule has 0 bridgehead atoms. The third kappa shape index (κ3) is 3.97. The summed E-state index contributed by atoms with van der Waals surface area (Å²) >= 11 is -1.19. The summed E-state index contributed by atoms with van der Waals surface area (Å²) in [6.45, 7) is 8.73. The van der Waals surface area contributed by atoms with Crippen LogP contribution in [0.3, 0.4) is 0 Å². The average molecular weight is 315 g/mol. The minimum absolute atomic E-state index is 0.166. The summed E-state index contributed by atoms with van der Waals surface area (Å²) in [4.78, 5) is 4.15. The Morgan fingerprint density at radius 2 is 2.24 bits per heavy atom. The normalized spacial score (nSPS) is 27.4. The highest BCUT2D eigenvalue weighted by molar-refractivity contribution is 7.90. The van der Waals surface area contributed by atoms with E-state index < -0.39 is 16.9 Å². The molecule has 0 aromatic carbocycles. The zero-order valence-electron chi connectivity index (χ0n) is 13.2. The maximum Gasteiger partial charge on any atom is 0.213 e. The minimum Gasteiger partial charge on any atom is -0.598 e. The highest BCUT2D eigenvalue weighted by atomic mass is 32.2. The van der Waals surface area contributed by atoms with Gasteiger partial charge in [0.25, 0.3) is 0 Å². The lowest BCUT2D eigenvalue weighted by atomic mass is 9.74. The van der Waals surface area contributed by atoms with E-state index in [0.29, 0.717) is 5.82 Å². The Kier molecular flexibility index (Phi) is 5.29. The second-order valence-electron chi connectivity index (χ2n) is 6.57. The number of unbranched alkanes of at least 4 members (excludes halogenated alkanes) is 1. The zero-order valence-corrected chi connectivity index (χ0v) is 14.0. The Morgan fingerprint density at radius 3 is 2.76 bits per heavy atom. The van der Waals surface area contributed by atoms with Gasteiger partial charge in [0.1, 0.15) is 10.3 Å². The fourth-order valence-electron chi connectivity index (χ4n) is 2.25. The molecule has 1 aliphatic rings. The van der Waals surface area contributed by atoms with Crippen LogP contribution in [-0.2, 0) is 21.6 Å². The topological polar surface area (TPSA) is 83.2 Å². The molecule has 2 rings (SSSR count). The van der Waals surface area contributed by atoms with Gasteiger partial charge in [0, 0.05) is 30.8 Å². The molecule has 0 saturated heterocycles. The number of nitrogens with one attached hydrogen (secondary N) is 1. The SMILES string of the molecule is CCCCOC1CC(N[S+]([O-])C(C)(C)C)(c2ncon2)C1. The van der Waals surface area contributed by atoms with Crippen LogP contribution in [0.2, 0.25) is 0 Å².